The number of rotatable bonds is 8. The molecule has 0 fully saturated rings. The molecular weight excluding hydrogens is 176 g/mol. The van der Waals surface area contributed by atoms with E-state index in [9.17, 15) is 0 Å². The van der Waals surface area contributed by atoms with Gasteiger partial charge in [-0.2, -0.15) is 0 Å². The van der Waals surface area contributed by atoms with Gasteiger partial charge in [0, 0.05) is 0 Å². The first-order valence-electron chi connectivity index (χ1n) is 5.39. The summed E-state index contributed by atoms with van der Waals surface area (Å²) >= 11 is 0. The third-order valence-corrected chi connectivity index (χ3v) is 1.82. The van der Waals surface area contributed by atoms with Gasteiger partial charge in [0.05, 0.1) is 18.6 Å². The predicted molar refractivity (Wildman–Crippen MR) is 60.2 cm³/mol. The summed E-state index contributed by atoms with van der Waals surface area (Å²) in [7, 11) is 0. The number of aliphatic hydroxyl groups is 1. The third kappa shape index (κ3) is 11.1. The van der Waals surface area contributed by atoms with Crippen molar-refractivity contribution in [1.29, 1.82) is 0 Å². The summed E-state index contributed by atoms with van der Waals surface area (Å²) in [6.45, 7) is 4.59. The summed E-state index contributed by atoms with van der Waals surface area (Å²) in [5, 5.41) is 8.86. The molecule has 0 amide bonds. The molecule has 0 heterocycles. The molecule has 0 unspecified atom stereocenters. The van der Waals surface area contributed by atoms with Crippen LogP contribution in [-0.2, 0) is 4.74 Å². The van der Waals surface area contributed by atoms with E-state index < -0.39 is 0 Å². The van der Waals surface area contributed by atoms with Crippen molar-refractivity contribution >= 4 is 0 Å². The van der Waals surface area contributed by atoms with Crippen LogP contribution in [0.3, 0.4) is 0 Å². The molecule has 0 aromatic carbocycles. The molecule has 0 saturated heterocycles. The van der Waals surface area contributed by atoms with Crippen LogP contribution < -0.4 is 0 Å². The van der Waals surface area contributed by atoms with Gasteiger partial charge < -0.3 is 9.84 Å². The molecule has 2 nitrogen and oxygen atoms in total. The number of unbranched alkanes of at least 4 members (excludes halogenated alkanes) is 3. The molecule has 1 N–H and O–H groups in total. The molecule has 0 atom stereocenters. The highest BCUT2D eigenvalue weighted by Crippen LogP contribution is 1.98. The molecule has 0 aliphatic heterocycles. The van der Waals surface area contributed by atoms with E-state index in [-0.39, 0.29) is 0 Å². The van der Waals surface area contributed by atoms with Gasteiger partial charge in [0.15, 0.2) is 0 Å². The van der Waals surface area contributed by atoms with Gasteiger partial charge in [-0.3, -0.25) is 0 Å². The highest BCUT2D eigenvalue weighted by molar-refractivity contribution is 4.85. The summed E-state index contributed by atoms with van der Waals surface area (Å²) in [6, 6.07) is 0. The van der Waals surface area contributed by atoms with E-state index in [4.69, 9.17) is 9.84 Å². The molecule has 14 heavy (non-hydrogen) atoms. The molecular formula is C12H22O2. The second-order valence-corrected chi connectivity index (χ2v) is 3.37. The lowest BCUT2D eigenvalue weighted by molar-refractivity contribution is 0.244. The van der Waals surface area contributed by atoms with Gasteiger partial charge in [0.1, 0.15) is 0 Å². The van der Waals surface area contributed by atoms with Crippen molar-refractivity contribution in [3.63, 3.8) is 0 Å². The molecule has 0 saturated carbocycles. The fraction of sp³-hybridized carbons (Fsp3) is 0.667. The van der Waals surface area contributed by atoms with Crippen molar-refractivity contribution in [2.75, 3.05) is 6.61 Å². The SMILES string of the molecule is CCCC/C=C/OCCC/C=C(\C)O. The molecule has 0 bridgehead atoms. The lowest BCUT2D eigenvalue weighted by atomic mass is 10.2. The highest BCUT2D eigenvalue weighted by Gasteiger charge is 1.85. The zero-order chi connectivity index (χ0) is 10.6. The average Bonchev–Trinajstić information content (AvgIpc) is 2.15. The van der Waals surface area contributed by atoms with E-state index in [0.29, 0.717) is 5.76 Å². The minimum Gasteiger partial charge on any atom is -0.513 e. The van der Waals surface area contributed by atoms with Crippen LogP contribution in [0.15, 0.2) is 24.2 Å². The number of allylic oxidation sites excluding steroid dienone is 3. The third-order valence-electron chi connectivity index (χ3n) is 1.82. The van der Waals surface area contributed by atoms with Crippen LogP contribution in [0.2, 0.25) is 0 Å². The molecule has 82 valence electrons. The van der Waals surface area contributed by atoms with E-state index in [1.54, 1.807) is 13.2 Å². The van der Waals surface area contributed by atoms with Crippen LogP contribution in [-0.4, -0.2) is 11.7 Å². The molecule has 0 aliphatic carbocycles. The summed E-state index contributed by atoms with van der Waals surface area (Å²) < 4.78 is 5.27. The number of hydrogen-bond donors (Lipinski definition) is 1. The number of ether oxygens (including phenoxy) is 1. The van der Waals surface area contributed by atoms with Gasteiger partial charge in [-0.05, 0) is 44.8 Å². The Morgan fingerprint density at radius 2 is 2.07 bits per heavy atom. The first-order chi connectivity index (χ1) is 6.77. The van der Waals surface area contributed by atoms with E-state index in [1.165, 1.54) is 12.8 Å². The quantitative estimate of drug-likeness (QED) is 0.472. The van der Waals surface area contributed by atoms with Gasteiger partial charge in [0.25, 0.3) is 0 Å². The number of aliphatic hydroxyl groups excluding tert-OH is 1. The van der Waals surface area contributed by atoms with Gasteiger partial charge in [0.2, 0.25) is 0 Å². The maximum absolute atomic E-state index is 8.86. The molecule has 0 aromatic rings. The normalized spacial score (nSPS) is 12.3. The first-order valence-corrected chi connectivity index (χ1v) is 5.39. The molecule has 0 rings (SSSR count). The first kappa shape index (κ1) is 13.1. The molecule has 0 aliphatic rings. The van der Waals surface area contributed by atoms with Crippen LogP contribution >= 0.6 is 0 Å². The van der Waals surface area contributed by atoms with Gasteiger partial charge in [-0.15, -0.1) is 0 Å². The predicted octanol–water partition coefficient (Wildman–Crippen LogP) is 3.95. The molecule has 0 radical (unpaired) electrons. The minimum atomic E-state index is 0.392. The Labute approximate surface area is 87.3 Å². The monoisotopic (exact) mass is 198 g/mol. The Kier molecular flexibility index (Phi) is 9.49. The highest BCUT2D eigenvalue weighted by atomic mass is 16.5. The molecule has 2 heteroatoms. The number of hydrogen-bond acceptors (Lipinski definition) is 2. The Morgan fingerprint density at radius 1 is 1.29 bits per heavy atom. The molecule has 0 aromatic heterocycles. The van der Waals surface area contributed by atoms with Crippen molar-refractivity contribution < 1.29 is 9.84 Å². The smallest absolute Gasteiger partial charge is 0.0876 e. The second-order valence-electron chi connectivity index (χ2n) is 3.37. The summed E-state index contributed by atoms with van der Waals surface area (Å²) in [5.41, 5.74) is 0. The summed E-state index contributed by atoms with van der Waals surface area (Å²) in [4.78, 5) is 0. The fourth-order valence-electron chi connectivity index (χ4n) is 1.00. The van der Waals surface area contributed by atoms with Crippen LogP contribution in [0.4, 0.5) is 0 Å². The van der Waals surface area contributed by atoms with Crippen molar-refractivity contribution in [2.24, 2.45) is 0 Å². The van der Waals surface area contributed by atoms with Gasteiger partial charge >= 0.3 is 0 Å². The topological polar surface area (TPSA) is 29.5 Å². The van der Waals surface area contributed by atoms with Crippen LogP contribution in [0.1, 0.15) is 46.0 Å². The van der Waals surface area contributed by atoms with E-state index >= 15 is 0 Å². The fourth-order valence-corrected chi connectivity index (χ4v) is 1.00. The lowest BCUT2D eigenvalue weighted by Gasteiger charge is -1.98. The van der Waals surface area contributed by atoms with E-state index in [1.807, 2.05) is 6.08 Å². The van der Waals surface area contributed by atoms with Gasteiger partial charge in [-0.1, -0.05) is 13.3 Å². The minimum absolute atomic E-state index is 0.392. The van der Waals surface area contributed by atoms with Crippen LogP contribution in [0, 0.1) is 0 Å². The standard InChI is InChI=1S/C12H22O2/c1-3-4-5-7-10-14-11-8-6-9-12(2)13/h7,9-10,13H,3-6,8,11H2,1-2H3/b10-7+,12-9+. The van der Waals surface area contributed by atoms with Crippen molar-refractivity contribution in [3.05, 3.63) is 24.2 Å². The largest absolute Gasteiger partial charge is 0.513 e. The summed E-state index contributed by atoms with van der Waals surface area (Å²) in [6.07, 6.45) is 11.1. The Bertz CT molecular complexity index is 167. The van der Waals surface area contributed by atoms with Crippen molar-refractivity contribution in [3.8, 4) is 0 Å². The molecule has 0 spiro atoms. The Morgan fingerprint density at radius 3 is 2.71 bits per heavy atom. The van der Waals surface area contributed by atoms with Crippen molar-refractivity contribution in [2.45, 2.75) is 46.0 Å². The van der Waals surface area contributed by atoms with Crippen LogP contribution in [0.5, 0.6) is 0 Å². The summed E-state index contributed by atoms with van der Waals surface area (Å²) in [5.74, 6) is 0.392. The maximum atomic E-state index is 8.86. The average molecular weight is 198 g/mol. The van der Waals surface area contributed by atoms with E-state index in [2.05, 4.69) is 13.0 Å². The Hall–Kier alpha value is -0.920. The second kappa shape index (κ2) is 10.2. The Balaban J connectivity index is 3.13. The zero-order valence-electron chi connectivity index (χ0n) is 9.33. The van der Waals surface area contributed by atoms with Crippen molar-refractivity contribution in [1.82, 2.24) is 0 Å². The zero-order valence-corrected chi connectivity index (χ0v) is 9.33. The van der Waals surface area contributed by atoms with E-state index in [0.717, 1.165) is 25.9 Å². The maximum Gasteiger partial charge on any atom is 0.0876 e. The van der Waals surface area contributed by atoms with Gasteiger partial charge in [-0.25, -0.2) is 0 Å². The van der Waals surface area contributed by atoms with Crippen LogP contribution in [0.25, 0.3) is 0 Å². The lowest BCUT2D eigenvalue weighted by Crippen LogP contribution is -1.86.